The molecule has 0 saturated heterocycles. The van der Waals surface area contributed by atoms with E-state index in [1.165, 1.54) is 0 Å². The second-order valence-electron chi connectivity index (χ2n) is 6.47. The van der Waals surface area contributed by atoms with E-state index in [0.717, 1.165) is 0 Å². The predicted molar refractivity (Wildman–Crippen MR) is 100 cm³/mol. The highest BCUT2D eigenvalue weighted by Crippen LogP contribution is 2.16. The minimum absolute atomic E-state index is 0.145. The Morgan fingerprint density at radius 2 is 1.84 bits per heavy atom. The van der Waals surface area contributed by atoms with E-state index < -0.39 is 5.41 Å². The lowest BCUT2D eigenvalue weighted by Crippen LogP contribution is -2.41. The highest BCUT2D eigenvalue weighted by molar-refractivity contribution is 7.80. The fourth-order valence-corrected chi connectivity index (χ4v) is 2.11. The molecule has 0 saturated carbocycles. The van der Waals surface area contributed by atoms with Crippen molar-refractivity contribution in [2.75, 3.05) is 5.32 Å². The monoisotopic (exact) mass is 359 g/mol. The molecule has 0 fully saturated rings. The smallest absolute Gasteiger partial charge is 0.253 e. The SMILES string of the molecule is CC(C)(C)C(=O)NC(=S)Nc1ccccc1C(=O)NCc1ccco1. The summed E-state index contributed by atoms with van der Waals surface area (Å²) in [6.45, 7) is 5.66. The van der Waals surface area contributed by atoms with E-state index in [0.29, 0.717) is 17.0 Å². The van der Waals surface area contributed by atoms with Crippen molar-refractivity contribution in [1.82, 2.24) is 10.6 Å². The fourth-order valence-electron chi connectivity index (χ4n) is 1.91. The van der Waals surface area contributed by atoms with Crippen LogP contribution in [-0.2, 0) is 11.3 Å². The number of nitrogens with one attached hydrogen (secondary N) is 3. The standard InChI is InChI=1S/C18H21N3O3S/c1-18(2,3)16(23)21-17(25)20-14-9-5-4-8-13(14)15(22)19-11-12-7-6-10-24-12/h4-10H,11H2,1-3H3,(H,19,22)(H2,20,21,23,25). The minimum atomic E-state index is -0.564. The summed E-state index contributed by atoms with van der Waals surface area (Å²) in [4.78, 5) is 24.4. The van der Waals surface area contributed by atoms with Gasteiger partial charge >= 0.3 is 0 Å². The number of carbonyl (C=O) groups excluding carboxylic acids is 2. The molecule has 0 bridgehead atoms. The lowest BCUT2D eigenvalue weighted by atomic mass is 9.96. The first-order valence-corrected chi connectivity index (χ1v) is 8.20. The van der Waals surface area contributed by atoms with Gasteiger partial charge in [-0.1, -0.05) is 32.9 Å². The molecule has 0 unspecified atom stereocenters. The van der Waals surface area contributed by atoms with Crippen LogP contribution < -0.4 is 16.0 Å². The Kier molecular flexibility index (Phi) is 5.93. The third-order valence-corrected chi connectivity index (χ3v) is 3.54. The normalized spacial score (nSPS) is 10.8. The number of furan rings is 1. The van der Waals surface area contributed by atoms with Crippen LogP contribution in [0.2, 0.25) is 0 Å². The Morgan fingerprint density at radius 3 is 2.48 bits per heavy atom. The van der Waals surface area contributed by atoms with Gasteiger partial charge in [0.25, 0.3) is 5.91 Å². The quantitative estimate of drug-likeness (QED) is 0.731. The molecular formula is C18H21N3O3S. The van der Waals surface area contributed by atoms with E-state index in [2.05, 4.69) is 16.0 Å². The van der Waals surface area contributed by atoms with Crippen LogP contribution in [0.3, 0.4) is 0 Å². The molecule has 2 aromatic rings. The summed E-state index contributed by atoms with van der Waals surface area (Å²) in [5.41, 5.74) is 0.367. The molecule has 0 aliphatic heterocycles. The van der Waals surface area contributed by atoms with Crippen molar-refractivity contribution in [2.24, 2.45) is 5.41 Å². The summed E-state index contributed by atoms with van der Waals surface area (Å²) in [5, 5.41) is 8.45. The Hall–Kier alpha value is -2.67. The van der Waals surface area contributed by atoms with Crippen molar-refractivity contribution in [3.05, 3.63) is 54.0 Å². The van der Waals surface area contributed by atoms with Gasteiger partial charge in [0, 0.05) is 5.41 Å². The van der Waals surface area contributed by atoms with Crippen LogP contribution in [0, 0.1) is 5.41 Å². The van der Waals surface area contributed by atoms with E-state index in [-0.39, 0.29) is 23.5 Å². The maximum Gasteiger partial charge on any atom is 0.253 e. The van der Waals surface area contributed by atoms with Gasteiger partial charge in [0.15, 0.2) is 5.11 Å². The molecule has 0 atom stereocenters. The summed E-state index contributed by atoms with van der Waals surface area (Å²) < 4.78 is 5.19. The number of anilines is 1. The van der Waals surface area contributed by atoms with Crippen molar-refractivity contribution < 1.29 is 14.0 Å². The van der Waals surface area contributed by atoms with Gasteiger partial charge in [-0.3, -0.25) is 9.59 Å². The minimum Gasteiger partial charge on any atom is -0.467 e. The number of hydrogen-bond acceptors (Lipinski definition) is 4. The second kappa shape index (κ2) is 7.94. The van der Waals surface area contributed by atoms with Crippen LogP contribution in [0.25, 0.3) is 0 Å². The lowest BCUT2D eigenvalue weighted by Gasteiger charge is -2.19. The summed E-state index contributed by atoms with van der Waals surface area (Å²) in [5.74, 6) is 0.181. The number of hydrogen-bond donors (Lipinski definition) is 3. The molecule has 6 nitrogen and oxygen atoms in total. The maximum atomic E-state index is 12.4. The van der Waals surface area contributed by atoms with E-state index in [4.69, 9.17) is 16.6 Å². The van der Waals surface area contributed by atoms with Gasteiger partial charge in [0.1, 0.15) is 5.76 Å². The second-order valence-corrected chi connectivity index (χ2v) is 6.87. The number of amides is 2. The lowest BCUT2D eigenvalue weighted by molar-refractivity contribution is -0.126. The molecule has 0 radical (unpaired) electrons. The maximum absolute atomic E-state index is 12.4. The Balaban J connectivity index is 2.03. The summed E-state index contributed by atoms with van der Waals surface area (Å²) in [6, 6.07) is 10.5. The molecular weight excluding hydrogens is 338 g/mol. The fraction of sp³-hybridized carbons (Fsp3) is 0.278. The molecule has 0 aliphatic rings. The molecule has 1 heterocycles. The molecule has 132 valence electrons. The number of para-hydroxylation sites is 1. The summed E-state index contributed by atoms with van der Waals surface area (Å²) in [6.07, 6.45) is 1.55. The zero-order chi connectivity index (χ0) is 18.4. The van der Waals surface area contributed by atoms with E-state index in [1.54, 1.807) is 63.4 Å². The molecule has 2 amide bonds. The van der Waals surface area contributed by atoms with Crippen molar-refractivity contribution in [2.45, 2.75) is 27.3 Å². The van der Waals surface area contributed by atoms with Crippen LogP contribution in [0.4, 0.5) is 5.69 Å². The summed E-state index contributed by atoms with van der Waals surface area (Å²) in [7, 11) is 0. The molecule has 3 N–H and O–H groups in total. The molecule has 7 heteroatoms. The number of carbonyl (C=O) groups is 2. The Labute approximate surface area is 152 Å². The van der Waals surface area contributed by atoms with Gasteiger partial charge in [-0.15, -0.1) is 0 Å². The van der Waals surface area contributed by atoms with Crippen LogP contribution >= 0.6 is 12.2 Å². The third-order valence-electron chi connectivity index (χ3n) is 3.33. The molecule has 2 rings (SSSR count). The first-order valence-electron chi connectivity index (χ1n) is 7.79. The molecule has 25 heavy (non-hydrogen) atoms. The van der Waals surface area contributed by atoms with E-state index >= 15 is 0 Å². The van der Waals surface area contributed by atoms with Gasteiger partial charge in [-0.05, 0) is 36.5 Å². The van der Waals surface area contributed by atoms with Crippen LogP contribution in [0.5, 0.6) is 0 Å². The molecule has 1 aromatic heterocycles. The van der Waals surface area contributed by atoms with Crippen LogP contribution in [-0.4, -0.2) is 16.9 Å². The average molecular weight is 359 g/mol. The predicted octanol–water partition coefficient (Wildman–Crippen LogP) is 3.07. The molecule has 1 aromatic carbocycles. The van der Waals surface area contributed by atoms with Crippen molar-refractivity contribution in [3.63, 3.8) is 0 Å². The summed E-state index contributed by atoms with van der Waals surface area (Å²) >= 11 is 5.17. The van der Waals surface area contributed by atoms with Gasteiger partial charge < -0.3 is 20.4 Å². The average Bonchev–Trinajstić information content (AvgIpc) is 3.05. The number of rotatable bonds is 4. The van der Waals surface area contributed by atoms with Crippen molar-refractivity contribution in [3.8, 4) is 0 Å². The molecule has 0 aliphatic carbocycles. The van der Waals surface area contributed by atoms with E-state index in [1.807, 2.05) is 0 Å². The zero-order valence-electron chi connectivity index (χ0n) is 14.4. The largest absolute Gasteiger partial charge is 0.467 e. The topological polar surface area (TPSA) is 83.4 Å². The highest BCUT2D eigenvalue weighted by atomic mass is 32.1. The first kappa shape index (κ1) is 18.7. The van der Waals surface area contributed by atoms with Gasteiger partial charge in [0.05, 0.1) is 24.1 Å². The van der Waals surface area contributed by atoms with Gasteiger partial charge in [-0.25, -0.2) is 0 Å². The van der Waals surface area contributed by atoms with Crippen LogP contribution in [0.1, 0.15) is 36.9 Å². The first-order chi connectivity index (χ1) is 11.8. The van der Waals surface area contributed by atoms with Crippen molar-refractivity contribution in [1.29, 1.82) is 0 Å². The Morgan fingerprint density at radius 1 is 1.12 bits per heavy atom. The van der Waals surface area contributed by atoms with E-state index in [9.17, 15) is 9.59 Å². The van der Waals surface area contributed by atoms with Crippen molar-refractivity contribution >= 4 is 34.8 Å². The number of benzene rings is 1. The highest BCUT2D eigenvalue weighted by Gasteiger charge is 2.22. The molecule has 0 spiro atoms. The number of thiocarbonyl (C=S) groups is 1. The van der Waals surface area contributed by atoms with Gasteiger partial charge in [0.2, 0.25) is 5.91 Å². The zero-order valence-corrected chi connectivity index (χ0v) is 15.2. The van der Waals surface area contributed by atoms with Crippen LogP contribution in [0.15, 0.2) is 47.1 Å². The Bertz CT molecular complexity index is 764. The third kappa shape index (κ3) is 5.42. The van der Waals surface area contributed by atoms with Gasteiger partial charge in [-0.2, -0.15) is 0 Å².